The van der Waals surface area contributed by atoms with E-state index in [0.717, 1.165) is 31.2 Å². The summed E-state index contributed by atoms with van der Waals surface area (Å²) in [5, 5.41) is 3.61. The fourth-order valence-corrected chi connectivity index (χ4v) is 4.83. The molecule has 0 saturated carbocycles. The maximum absolute atomic E-state index is 12.6. The third-order valence-electron chi connectivity index (χ3n) is 6.38. The van der Waals surface area contributed by atoms with Gasteiger partial charge in [0.25, 0.3) is 0 Å². The number of fused-ring (bicyclic) bond motifs is 3. The van der Waals surface area contributed by atoms with Gasteiger partial charge in [0.15, 0.2) is 5.78 Å². The number of carbonyl (C=O) groups is 2. The van der Waals surface area contributed by atoms with Crippen LogP contribution in [0.15, 0.2) is 18.2 Å². The highest BCUT2D eigenvalue weighted by Crippen LogP contribution is 2.29. The molecule has 4 rings (SSSR count). The topological polar surface area (TPSA) is 49.4 Å². The average Bonchev–Trinajstić information content (AvgIpc) is 3.23. The van der Waals surface area contributed by atoms with E-state index in [1.165, 1.54) is 30.4 Å². The standard InChI is InChI=1S/C21H28N2O2.ClH/c1-23(19-12-17-7-8-18(13-19)22-17)21(25)10-9-20(24)16-6-5-14-3-2-4-15(14)11-16;/h5-6,11,17-19,22H,2-4,7-10,12-13H2,1H3;1H. The number of nitrogens with one attached hydrogen (secondary N) is 1. The van der Waals surface area contributed by atoms with E-state index in [4.69, 9.17) is 0 Å². The van der Waals surface area contributed by atoms with Crippen molar-refractivity contribution in [3.8, 4) is 0 Å². The molecule has 26 heavy (non-hydrogen) atoms. The summed E-state index contributed by atoms with van der Waals surface area (Å²) in [5.74, 6) is 0.211. The van der Waals surface area contributed by atoms with Gasteiger partial charge in [0.2, 0.25) is 5.91 Å². The molecule has 2 saturated heterocycles. The molecule has 1 aliphatic carbocycles. The monoisotopic (exact) mass is 376 g/mol. The Kier molecular flexibility index (Phi) is 6.03. The highest BCUT2D eigenvalue weighted by Gasteiger charge is 2.36. The second kappa shape index (κ2) is 8.10. The molecule has 3 aliphatic rings. The molecule has 1 amide bonds. The number of carbonyl (C=O) groups excluding carboxylic acids is 2. The Bertz CT molecular complexity index is 679. The molecule has 1 aromatic carbocycles. The summed E-state index contributed by atoms with van der Waals surface area (Å²) in [5.41, 5.74) is 3.48. The lowest BCUT2D eigenvalue weighted by atomic mass is 9.97. The molecule has 2 fully saturated rings. The van der Waals surface area contributed by atoms with Gasteiger partial charge in [-0.15, -0.1) is 12.4 Å². The fourth-order valence-electron chi connectivity index (χ4n) is 4.83. The lowest BCUT2D eigenvalue weighted by molar-refractivity contribution is -0.132. The summed E-state index contributed by atoms with van der Waals surface area (Å²) >= 11 is 0. The molecule has 1 aromatic rings. The molecule has 5 heteroatoms. The summed E-state index contributed by atoms with van der Waals surface area (Å²) in [6.07, 6.45) is 8.62. The van der Waals surface area contributed by atoms with Crippen LogP contribution in [0, 0.1) is 0 Å². The Balaban J connectivity index is 0.00000196. The van der Waals surface area contributed by atoms with Gasteiger partial charge in [-0.05, 0) is 62.1 Å². The molecule has 142 valence electrons. The number of nitrogens with zero attached hydrogens (tertiary/aromatic N) is 1. The maximum atomic E-state index is 12.6. The van der Waals surface area contributed by atoms with Crippen LogP contribution < -0.4 is 5.32 Å². The van der Waals surface area contributed by atoms with Gasteiger partial charge in [-0.2, -0.15) is 0 Å². The number of aryl methyl sites for hydroxylation is 2. The summed E-state index contributed by atoms with van der Waals surface area (Å²) in [7, 11) is 1.91. The first-order chi connectivity index (χ1) is 12.1. The highest BCUT2D eigenvalue weighted by molar-refractivity contribution is 5.98. The van der Waals surface area contributed by atoms with E-state index >= 15 is 0 Å². The molecule has 1 N–H and O–H groups in total. The molecule has 2 bridgehead atoms. The summed E-state index contributed by atoms with van der Waals surface area (Å²) < 4.78 is 0. The van der Waals surface area contributed by atoms with Crippen LogP contribution in [0.3, 0.4) is 0 Å². The second-order valence-electron chi connectivity index (χ2n) is 8.03. The Morgan fingerprint density at radius 2 is 1.77 bits per heavy atom. The van der Waals surface area contributed by atoms with Crippen molar-refractivity contribution in [2.24, 2.45) is 0 Å². The van der Waals surface area contributed by atoms with Crippen LogP contribution in [0.25, 0.3) is 0 Å². The minimum atomic E-state index is 0. The molecule has 2 aliphatic heterocycles. The van der Waals surface area contributed by atoms with Crippen molar-refractivity contribution in [2.45, 2.75) is 75.9 Å². The number of benzene rings is 1. The zero-order valence-corrected chi connectivity index (χ0v) is 16.3. The van der Waals surface area contributed by atoms with Crippen LogP contribution in [-0.4, -0.2) is 41.8 Å². The first-order valence-corrected chi connectivity index (χ1v) is 9.77. The lowest BCUT2D eigenvalue weighted by Crippen LogP contribution is -2.48. The van der Waals surface area contributed by atoms with Gasteiger partial charge < -0.3 is 10.2 Å². The number of ketones is 1. The average molecular weight is 377 g/mol. The predicted molar refractivity (Wildman–Crippen MR) is 105 cm³/mol. The van der Waals surface area contributed by atoms with Crippen molar-refractivity contribution < 1.29 is 9.59 Å². The predicted octanol–water partition coefficient (Wildman–Crippen LogP) is 3.30. The number of hydrogen-bond donors (Lipinski definition) is 1. The number of halogens is 1. The molecular formula is C21H29ClN2O2. The molecule has 2 heterocycles. The van der Waals surface area contributed by atoms with E-state index in [-0.39, 0.29) is 24.1 Å². The minimum Gasteiger partial charge on any atom is -0.343 e. The Morgan fingerprint density at radius 1 is 1.08 bits per heavy atom. The minimum absolute atomic E-state index is 0. The van der Waals surface area contributed by atoms with Gasteiger partial charge in [0.1, 0.15) is 0 Å². The Morgan fingerprint density at radius 3 is 2.50 bits per heavy atom. The van der Waals surface area contributed by atoms with E-state index < -0.39 is 0 Å². The van der Waals surface area contributed by atoms with Crippen LogP contribution in [0.2, 0.25) is 0 Å². The number of Topliss-reactive ketones (excluding diaryl/α,β-unsaturated/α-hetero) is 1. The summed E-state index contributed by atoms with van der Waals surface area (Å²) in [6, 6.07) is 7.56. The molecule has 0 aromatic heterocycles. The zero-order valence-electron chi connectivity index (χ0n) is 15.5. The fraction of sp³-hybridized carbons (Fsp3) is 0.619. The number of piperidine rings is 1. The van der Waals surface area contributed by atoms with Gasteiger partial charge in [-0.1, -0.05) is 12.1 Å². The Hall–Kier alpha value is -1.39. The molecule has 2 atom stereocenters. The summed E-state index contributed by atoms with van der Waals surface area (Å²) in [4.78, 5) is 26.9. The highest BCUT2D eigenvalue weighted by atomic mass is 35.5. The molecule has 0 radical (unpaired) electrons. The van der Waals surface area contributed by atoms with Crippen LogP contribution >= 0.6 is 12.4 Å². The van der Waals surface area contributed by atoms with Gasteiger partial charge in [0.05, 0.1) is 0 Å². The quantitative estimate of drug-likeness (QED) is 0.802. The van der Waals surface area contributed by atoms with Crippen LogP contribution in [0.1, 0.15) is 66.4 Å². The second-order valence-corrected chi connectivity index (χ2v) is 8.03. The van der Waals surface area contributed by atoms with Crippen LogP contribution in [0.4, 0.5) is 0 Å². The maximum Gasteiger partial charge on any atom is 0.223 e. The van der Waals surface area contributed by atoms with Crippen molar-refractivity contribution in [1.82, 2.24) is 10.2 Å². The van der Waals surface area contributed by atoms with Gasteiger partial charge in [-0.25, -0.2) is 0 Å². The first kappa shape index (κ1) is 19.4. The van der Waals surface area contributed by atoms with E-state index in [9.17, 15) is 9.59 Å². The molecule has 0 spiro atoms. The SMILES string of the molecule is CN(C(=O)CCC(=O)c1ccc2c(c1)CCC2)C1CC2CCC(C1)N2.Cl. The number of amides is 1. The van der Waals surface area contributed by atoms with E-state index in [2.05, 4.69) is 11.4 Å². The van der Waals surface area contributed by atoms with Gasteiger partial charge >= 0.3 is 0 Å². The van der Waals surface area contributed by atoms with E-state index in [1.807, 2.05) is 24.1 Å². The van der Waals surface area contributed by atoms with Crippen molar-refractivity contribution >= 4 is 24.1 Å². The number of hydrogen-bond acceptors (Lipinski definition) is 3. The first-order valence-electron chi connectivity index (χ1n) is 9.77. The molecule has 4 nitrogen and oxygen atoms in total. The van der Waals surface area contributed by atoms with Crippen molar-refractivity contribution in [2.75, 3.05) is 7.05 Å². The molecule has 2 unspecified atom stereocenters. The van der Waals surface area contributed by atoms with Crippen LogP contribution in [-0.2, 0) is 17.6 Å². The van der Waals surface area contributed by atoms with Crippen LogP contribution in [0.5, 0.6) is 0 Å². The van der Waals surface area contributed by atoms with Crippen molar-refractivity contribution in [1.29, 1.82) is 0 Å². The normalized spacial score (nSPS) is 26.1. The third-order valence-corrected chi connectivity index (χ3v) is 6.38. The number of rotatable bonds is 5. The smallest absolute Gasteiger partial charge is 0.223 e. The lowest BCUT2D eigenvalue weighted by Gasteiger charge is -2.35. The zero-order chi connectivity index (χ0) is 17.4. The van der Waals surface area contributed by atoms with Gasteiger partial charge in [0, 0.05) is 43.6 Å². The third kappa shape index (κ3) is 3.96. The van der Waals surface area contributed by atoms with Gasteiger partial charge in [-0.3, -0.25) is 9.59 Å². The van der Waals surface area contributed by atoms with Crippen molar-refractivity contribution in [3.63, 3.8) is 0 Å². The van der Waals surface area contributed by atoms with E-state index in [0.29, 0.717) is 31.0 Å². The largest absolute Gasteiger partial charge is 0.343 e. The van der Waals surface area contributed by atoms with Crippen molar-refractivity contribution in [3.05, 3.63) is 34.9 Å². The van der Waals surface area contributed by atoms with E-state index in [1.54, 1.807) is 0 Å². The Labute approximate surface area is 162 Å². The summed E-state index contributed by atoms with van der Waals surface area (Å²) in [6.45, 7) is 0. The molecular weight excluding hydrogens is 348 g/mol.